The number of alkyl halides is 1. The third kappa shape index (κ3) is 25.0. The van der Waals surface area contributed by atoms with Gasteiger partial charge in [-0.25, -0.2) is 0 Å². The van der Waals surface area contributed by atoms with Crippen LogP contribution in [0.3, 0.4) is 0 Å². The molecule has 0 aromatic heterocycles. The molecule has 0 heterocycles. The topological polar surface area (TPSA) is 52.0 Å². The van der Waals surface area contributed by atoms with Crippen LogP contribution in [0.5, 0.6) is 0 Å². The van der Waals surface area contributed by atoms with E-state index in [-0.39, 0.29) is 0 Å². The first-order valence-corrected chi connectivity index (χ1v) is 7.11. The van der Waals surface area contributed by atoms with E-state index in [2.05, 4.69) is 15.9 Å². The molecule has 15 heavy (non-hydrogen) atoms. The SMILES string of the molecule is CCBr.NC(=S)CCCCCCC(N)=S. The molecule has 0 bridgehead atoms. The average molecular weight is 313 g/mol. The molecular weight excluding hydrogens is 292 g/mol. The molecule has 90 valence electrons. The summed E-state index contributed by atoms with van der Waals surface area (Å²) >= 11 is 12.6. The Balaban J connectivity index is 0. The van der Waals surface area contributed by atoms with Crippen LogP contribution < -0.4 is 11.5 Å². The second-order valence-electron chi connectivity index (χ2n) is 3.11. The lowest BCUT2D eigenvalue weighted by Crippen LogP contribution is -2.07. The Hall–Kier alpha value is 0.260. The molecule has 4 N–H and O–H groups in total. The van der Waals surface area contributed by atoms with Gasteiger partial charge in [0.25, 0.3) is 0 Å². The van der Waals surface area contributed by atoms with E-state index < -0.39 is 0 Å². The number of halogens is 1. The normalized spacial score (nSPS) is 8.93. The fourth-order valence-corrected chi connectivity index (χ4v) is 1.24. The van der Waals surface area contributed by atoms with Gasteiger partial charge in [-0.2, -0.15) is 0 Å². The van der Waals surface area contributed by atoms with Gasteiger partial charge in [-0.1, -0.05) is 60.1 Å². The largest absolute Gasteiger partial charge is 0.393 e. The van der Waals surface area contributed by atoms with E-state index in [0.29, 0.717) is 9.98 Å². The van der Waals surface area contributed by atoms with Crippen LogP contribution in [-0.4, -0.2) is 15.3 Å². The van der Waals surface area contributed by atoms with Crippen molar-refractivity contribution < 1.29 is 0 Å². The Morgan fingerprint density at radius 3 is 1.40 bits per heavy atom. The van der Waals surface area contributed by atoms with Crippen molar-refractivity contribution in [1.29, 1.82) is 0 Å². The highest BCUT2D eigenvalue weighted by Crippen LogP contribution is 2.05. The summed E-state index contributed by atoms with van der Waals surface area (Å²) in [6, 6.07) is 0. The van der Waals surface area contributed by atoms with Gasteiger partial charge in [-0.15, -0.1) is 0 Å². The summed E-state index contributed by atoms with van der Waals surface area (Å²) in [5, 5.41) is 1.06. The molecular formula is C10H21BrN2S2. The number of unbranched alkanes of at least 4 members (excludes halogenated alkanes) is 3. The van der Waals surface area contributed by atoms with Crippen LogP contribution in [-0.2, 0) is 0 Å². The third-order valence-corrected chi connectivity index (χ3v) is 2.00. The standard InChI is InChI=1S/C8H16N2S2.C2H5Br/c9-7(11)5-3-1-2-4-6-8(10)12;1-2-3/h1-6H2,(H2,9,11)(H2,10,12);2H2,1H3. The first-order valence-electron chi connectivity index (χ1n) is 5.17. The van der Waals surface area contributed by atoms with E-state index in [1.54, 1.807) is 0 Å². The molecule has 0 spiro atoms. The smallest absolute Gasteiger partial charge is 0.0727 e. The Morgan fingerprint density at radius 1 is 0.933 bits per heavy atom. The summed E-state index contributed by atoms with van der Waals surface area (Å²) in [6.45, 7) is 2.04. The summed E-state index contributed by atoms with van der Waals surface area (Å²) in [4.78, 5) is 1.23. The highest BCUT2D eigenvalue weighted by Gasteiger charge is 1.93. The van der Waals surface area contributed by atoms with Gasteiger partial charge in [-0.05, 0) is 25.7 Å². The van der Waals surface area contributed by atoms with Gasteiger partial charge in [-0.3, -0.25) is 0 Å². The molecule has 0 radical (unpaired) electrons. The molecule has 0 aromatic rings. The molecule has 0 unspecified atom stereocenters. The van der Waals surface area contributed by atoms with Crippen LogP contribution in [0.25, 0.3) is 0 Å². The van der Waals surface area contributed by atoms with E-state index in [9.17, 15) is 0 Å². The Bertz CT molecular complexity index is 157. The quantitative estimate of drug-likeness (QED) is 0.430. The maximum atomic E-state index is 5.35. The molecule has 0 fully saturated rings. The highest BCUT2D eigenvalue weighted by molar-refractivity contribution is 9.09. The van der Waals surface area contributed by atoms with E-state index in [4.69, 9.17) is 35.9 Å². The molecule has 0 amide bonds. The molecule has 0 atom stereocenters. The Morgan fingerprint density at radius 2 is 1.20 bits per heavy atom. The minimum atomic E-state index is 0.615. The Kier molecular flexibility index (Phi) is 16.8. The van der Waals surface area contributed by atoms with Crippen LogP contribution in [0.1, 0.15) is 45.4 Å². The molecule has 0 saturated carbocycles. The maximum absolute atomic E-state index is 5.35. The second kappa shape index (κ2) is 14.3. The van der Waals surface area contributed by atoms with E-state index in [1.807, 2.05) is 6.92 Å². The van der Waals surface area contributed by atoms with Crippen molar-refractivity contribution in [1.82, 2.24) is 0 Å². The van der Waals surface area contributed by atoms with Crippen LogP contribution in [0.15, 0.2) is 0 Å². The molecule has 0 aliphatic rings. The second-order valence-corrected chi connectivity index (χ2v) is 5.28. The predicted octanol–water partition coefficient (Wildman–Crippen LogP) is 3.30. The van der Waals surface area contributed by atoms with Gasteiger partial charge in [0.2, 0.25) is 0 Å². The average Bonchev–Trinajstić information content (AvgIpc) is 2.11. The number of hydrogen-bond donors (Lipinski definition) is 2. The first-order chi connectivity index (χ1) is 7.04. The van der Waals surface area contributed by atoms with E-state index in [0.717, 1.165) is 31.0 Å². The zero-order valence-electron chi connectivity index (χ0n) is 9.30. The highest BCUT2D eigenvalue weighted by atomic mass is 79.9. The van der Waals surface area contributed by atoms with Crippen LogP contribution >= 0.6 is 40.4 Å². The van der Waals surface area contributed by atoms with Crippen molar-refractivity contribution in [2.24, 2.45) is 11.5 Å². The predicted molar refractivity (Wildman–Crippen MR) is 80.7 cm³/mol. The summed E-state index contributed by atoms with van der Waals surface area (Å²) in [6.07, 6.45) is 6.24. The van der Waals surface area contributed by atoms with Gasteiger partial charge >= 0.3 is 0 Å². The van der Waals surface area contributed by atoms with Crippen LogP contribution in [0, 0.1) is 0 Å². The summed E-state index contributed by atoms with van der Waals surface area (Å²) in [5.41, 5.74) is 10.7. The van der Waals surface area contributed by atoms with Gasteiger partial charge in [0.05, 0.1) is 9.98 Å². The summed E-state index contributed by atoms with van der Waals surface area (Å²) in [5.74, 6) is 0. The van der Waals surface area contributed by atoms with Crippen molar-refractivity contribution >= 4 is 50.3 Å². The molecule has 0 aliphatic heterocycles. The van der Waals surface area contributed by atoms with Crippen LogP contribution in [0.4, 0.5) is 0 Å². The maximum Gasteiger partial charge on any atom is 0.0727 e. The lowest BCUT2D eigenvalue weighted by molar-refractivity contribution is 0.668. The van der Waals surface area contributed by atoms with Crippen molar-refractivity contribution in [2.75, 3.05) is 5.33 Å². The fraction of sp³-hybridized carbons (Fsp3) is 0.800. The molecule has 0 saturated heterocycles. The first kappa shape index (κ1) is 17.6. The van der Waals surface area contributed by atoms with Gasteiger partial charge < -0.3 is 11.5 Å². The zero-order valence-corrected chi connectivity index (χ0v) is 12.5. The monoisotopic (exact) mass is 312 g/mol. The number of rotatable bonds is 7. The minimum Gasteiger partial charge on any atom is -0.393 e. The summed E-state index contributed by atoms with van der Waals surface area (Å²) in [7, 11) is 0. The van der Waals surface area contributed by atoms with Gasteiger partial charge in [0, 0.05) is 5.33 Å². The third-order valence-electron chi connectivity index (χ3n) is 1.60. The molecule has 0 aromatic carbocycles. The molecule has 2 nitrogen and oxygen atoms in total. The number of thiocarbonyl (C=S) groups is 2. The van der Waals surface area contributed by atoms with E-state index in [1.165, 1.54) is 12.8 Å². The molecule has 5 heteroatoms. The summed E-state index contributed by atoms with van der Waals surface area (Å²) < 4.78 is 0. The van der Waals surface area contributed by atoms with Gasteiger partial charge in [0.1, 0.15) is 0 Å². The van der Waals surface area contributed by atoms with Gasteiger partial charge in [0.15, 0.2) is 0 Å². The van der Waals surface area contributed by atoms with Crippen molar-refractivity contribution in [3.05, 3.63) is 0 Å². The van der Waals surface area contributed by atoms with Crippen molar-refractivity contribution in [3.8, 4) is 0 Å². The zero-order chi connectivity index (χ0) is 12.1. The van der Waals surface area contributed by atoms with E-state index >= 15 is 0 Å². The number of hydrogen-bond acceptors (Lipinski definition) is 2. The Labute approximate surface area is 112 Å². The molecule has 0 aliphatic carbocycles. The molecule has 0 rings (SSSR count). The lowest BCUT2D eigenvalue weighted by atomic mass is 10.1. The van der Waals surface area contributed by atoms with Crippen molar-refractivity contribution in [3.63, 3.8) is 0 Å². The van der Waals surface area contributed by atoms with Crippen LogP contribution in [0.2, 0.25) is 0 Å². The number of nitrogens with two attached hydrogens (primary N) is 2. The van der Waals surface area contributed by atoms with Crippen molar-refractivity contribution in [2.45, 2.75) is 45.4 Å². The minimum absolute atomic E-state index is 0.615. The lowest BCUT2D eigenvalue weighted by Gasteiger charge is -1.99. The fourth-order valence-electron chi connectivity index (χ4n) is 0.952.